The molecular weight excluding hydrogens is 470 g/mol. The van der Waals surface area contributed by atoms with Gasteiger partial charge in [-0.3, -0.25) is 9.78 Å². The summed E-state index contributed by atoms with van der Waals surface area (Å²) in [5, 5.41) is 6.94. The number of ether oxygens (including phenoxy) is 2. The molecule has 0 saturated carbocycles. The number of carbonyl (C=O) groups excluding carboxylic acids is 2. The fourth-order valence-electron chi connectivity index (χ4n) is 4.54. The summed E-state index contributed by atoms with van der Waals surface area (Å²) in [7, 11) is 1.33. The molecule has 1 aromatic carbocycles. The predicted octanol–water partition coefficient (Wildman–Crippen LogP) is 4.19. The van der Waals surface area contributed by atoms with Crippen LogP contribution < -0.4 is 10.6 Å². The summed E-state index contributed by atoms with van der Waals surface area (Å²) in [4.78, 5) is 35.2. The van der Waals surface area contributed by atoms with E-state index >= 15 is 0 Å². The third kappa shape index (κ3) is 5.46. The van der Waals surface area contributed by atoms with Crippen LogP contribution in [-0.4, -0.2) is 46.2 Å². The fourth-order valence-corrected chi connectivity index (χ4v) is 4.54. The fraction of sp³-hybridized carbons (Fsp3) is 0.286. The maximum Gasteiger partial charge on any atom is 0.356 e. The van der Waals surface area contributed by atoms with Crippen molar-refractivity contribution >= 4 is 34.3 Å². The van der Waals surface area contributed by atoms with Crippen molar-refractivity contribution in [1.29, 1.82) is 0 Å². The molecule has 5 rings (SSSR count). The molecule has 4 aromatic rings. The lowest BCUT2D eigenvalue weighted by atomic mass is 10.1. The Labute approximate surface area is 214 Å². The molecule has 1 saturated heterocycles. The van der Waals surface area contributed by atoms with Crippen LogP contribution in [0.3, 0.4) is 0 Å². The first-order valence-corrected chi connectivity index (χ1v) is 12.3. The zero-order valence-corrected chi connectivity index (χ0v) is 20.6. The lowest BCUT2D eigenvalue weighted by molar-refractivity contribution is -0.124. The number of nitrogens with one attached hydrogen (secondary N) is 2. The highest BCUT2D eigenvalue weighted by Gasteiger charge is 2.30. The minimum Gasteiger partial charge on any atom is -0.464 e. The molecule has 0 aliphatic carbocycles. The summed E-state index contributed by atoms with van der Waals surface area (Å²) in [6.45, 7) is 1.53. The van der Waals surface area contributed by atoms with E-state index in [9.17, 15) is 9.59 Å². The molecule has 1 unspecified atom stereocenters. The number of carbonyl (C=O) groups is 2. The first-order valence-electron chi connectivity index (χ1n) is 12.3. The third-order valence-electron chi connectivity index (χ3n) is 6.41. The Morgan fingerprint density at radius 2 is 1.97 bits per heavy atom. The van der Waals surface area contributed by atoms with Gasteiger partial charge in [-0.1, -0.05) is 36.4 Å². The van der Waals surface area contributed by atoms with E-state index < -0.39 is 12.1 Å². The number of aryl methyl sites for hydroxylation is 2. The number of hydrogen-bond acceptors (Lipinski definition) is 7. The topological polar surface area (TPSA) is 107 Å². The van der Waals surface area contributed by atoms with Gasteiger partial charge >= 0.3 is 5.97 Å². The number of benzene rings is 1. The molecule has 190 valence electrons. The highest BCUT2D eigenvalue weighted by Crippen LogP contribution is 2.33. The van der Waals surface area contributed by atoms with E-state index in [0.29, 0.717) is 49.3 Å². The molecule has 0 radical (unpaired) electrons. The van der Waals surface area contributed by atoms with E-state index in [0.717, 1.165) is 23.4 Å². The molecule has 2 N–H and O–H groups in total. The molecule has 1 aliphatic rings. The van der Waals surface area contributed by atoms with Crippen molar-refractivity contribution in [3.8, 4) is 0 Å². The Morgan fingerprint density at radius 3 is 2.70 bits per heavy atom. The van der Waals surface area contributed by atoms with Gasteiger partial charge in [0.1, 0.15) is 11.8 Å². The quantitative estimate of drug-likeness (QED) is 0.333. The highest BCUT2D eigenvalue weighted by atomic mass is 16.5. The molecule has 4 heterocycles. The smallest absolute Gasteiger partial charge is 0.356 e. The zero-order valence-electron chi connectivity index (χ0n) is 20.6. The summed E-state index contributed by atoms with van der Waals surface area (Å²) < 4.78 is 12.5. The number of anilines is 2. The van der Waals surface area contributed by atoms with E-state index in [1.807, 2.05) is 59.2 Å². The molecule has 0 bridgehead atoms. The number of nitrogens with zero attached hydrogens (tertiary/aromatic N) is 3. The van der Waals surface area contributed by atoms with Gasteiger partial charge in [-0.25, -0.2) is 9.78 Å². The number of esters is 1. The van der Waals surface area contributed by atoms with E-state index in [4.69, 9.17) is 14.5 Å². The van der Waals surface area contributed by atoms with Gasteiger partial charge in [0.2, 0.25) is 0 Å². The zero-order chi connectivity index (χ0) is 25.6. The highest BCUT2D eigenvalue weighted by molar-refractivity contribution is 6.12. The van der Waals surface area contributed by atoms with E-state index in [2.05, 4.69) is 15.6 Å². The van der Waals surface area contributed by atoms with Crippen LogP contribution in [0.4, 0.5) is 11.4 Å². The monoisotopic (exact) mass is 499 g/mol. The Kier molecular flexibility index (Phi) is 7.41. The first-order chi connectivity index (χ1) is 18.1. The van der Waals surface area contributed by atoms with Crippen LogP contribution in [0.25, 0.3) is 11.0 Å². The van der Waals surface area contributed by atoms with Crippen LogP contribution in [-0.2, 0) is 33.8 Å². The summed E-state index contributed by atoms with van der Waals surface area (Å²) in [5.41, 5.74) is 3.97. The van der Waals surface area contributed by atoms with Crippen LogP contribution >= 0.6 is 0 Å². The lowest BCUT2D eigenvalue weighted by Crippen LogP contribution is -2.28. The second-order valence-corrected chi connectivity index (χ2v) is 8.86. The largest absolute Gasteiger partial charge is 0.464 e. The van der Waals surface area contributed by atoms with Crippen molar-refractivity contribution in [3.05, 3.63) is 83.9 Å². The standard InChI is InChI=1S/C28H29N5O4/c1-36-28(35)25-24(32-27(34)23-11-7-15-37-23)22-16-21(30-17-20-10-5-6-13-29-20)18-31-26(22)33(25)14-12-19-8-3-2-4-9-19/h2-6,8-10,13,16,18,23,30H,7,11-12,14-15,17H2,1H3,(H,32,34). The molecular formula is C28H29N5O4. The average Bonchev–Trinajstić information content (AvgIpc) is 3.59. The number of amides is 1. The summed E-state index contributed by atoms with van der Waals surface area (Å²) in [6.07, 6.45) is 5.05. The van der Waals surface area contributed by atoms with Crippen molar-refractivity contribution in [2.45, 2.75) is 38.5 Å². The van der Waals surface area contributed by atoms with Gasteiger partial charge in [-0.2, -0.15) is 0 Å². The normalized spacial score (nSPS) is 15.0. The van der Waals surface area contributed by atoms with Crippen LogP contribution in [0.2, 0.25) is 0 Å². The maximum atomic E-state index is 13.1. The number of hydrogen-bond donors (Lipinski definition) is 2. The minimum atomic E-state index is -0.549. The summed E-state index contributed by atoms with van der Waals surface area (Å²) in [6, 6.07) is 17.6. The van der Waals surface area contributed by atoms with Crippen molar-refractivity contribution in [1.82, 2.24) is 14.5 Å². The van der Waals surface area contributed by atoms with Gasteiger partial charge in [0.15, 0.2) is 5.69 Å². The maximum absolute atomic E-state index is 13.1. The van der Waals surface area contributed by atoms with Crippen LogP contribution in [0.15, 0.2) is 67.0 Å². The van der Waals surface area contributed by atoms with Crippen molar-refractivity contribution in [3.63, 3.8) is 0 Å². The van der Waals surface area contributed by atoms with Crippen LogP contribution in [0, 0.1) is 0 Å². The number of fused-ring (bicyclic) bond motifs is 1. The Hall–Kier alpha value is -4.24. The first kappa shape index (κ1) is 24.5. The minimum absolute atomic E-state index is 0.258. The van der Waals surface area contributed by atoms with Crippen LogP contribution in [0.1, 0.15) is 34.6 Å². The van der Waals surface area contributed by atoms with Gasteiger partial charge in [-0.15, -0.1) is 0 Å². The molecule has 9 nitrogen and oxygen atoms in total. The predicted molar refractivity (Wildman–Crippen MR) is 140 cm³/mol. The number of rotatable bonds is 9. The summed E-state index contributed by atoms with van der Waals surface area (Å²) >= 11 is 0. The second-order valence-electron chi connectivity index (χ2n) is 8.86. The third-order valence-corrected chi connectivity index (χ3v) is 6.41. The molecule has 9 heteroatoms. The molecule has 1 atom stereocenters. The molecule has 3 aromatic heterocycles. The molecule has 1 amide bonds. The van der Waals surface area contributed by atoms with Gasteiger partial charge in [0, 0.05) is 24.7 Å². The van der Waals surface area contributed by atoms with Gasteiger partial charge in [0.25, 0.3) is 5.91 Å². The summed E-state index contributed by atoms with van der Waals surface area (Å²) in [5.74, 6) is -0.826. The van der Waals surface area contributed by atoms with Gasteiger partial charge < -0.3 is 24.7 Å². The average molecular weight is 500 g/mol. The molecule has 1 aliphatic heterocycles. The van der Waals surface area contributed by atoms with E-state index in [1.165, 1.54) is 7.11 Å². The van der Waals surface area contributed by atoms with Gasteiger partial charge in [0.05, 0.1) is 36.9 Å². The molecule has 1 fully saturated rings. The SMILES string of the molecule is COC(=O)c1c(NC(=O)C2CCCO2)c2cc(NCc3ccccn3)cnc2n1CCc1ccccc1. The number of pyridine rings is 2. The lowest BCUT2D eigenvalue weighted by Gasteiger charge is -2.13. The molecule has 0 spiro atoms. The van der Waals surface area contributed by atoms with Crippen LogP contribution in [0.5, 0.6) is 0 Å². The second kappa shape index (κ2) is 11.2. The van der Waals surface area contributed by atoms with Gasteiger partial charge in [-0.05, 0) is 43.0 Å². The van der Waals surface area contributed by atoms with Crippen molar-refractivity contribution in [2.75, 3.05) is 24.4 Å². The Morgan fingerprint density at radius 1 is 1.14 bits per heavy atom. The molecule has 37 heavy (non-hydrogen) atoms. The number of aromatic nitrogens is 3. The Balaban J connectivity index is 1.54. The van der Waals surface area contributed by atoms with E-state index in [1.54, 1.807) is 12.4 Å². The van der Waals surface area contributed by atoms with Crippen molar-refractivity contribution < 1.29 is 19.1 Å². The van der Waals surface area contributed by atoms with E-state index in [-0.39, 0.29) is 11.6 Å². The Bertz CT molecular complexity index is 1380. The van der Waals surface area contributed by atoms with Crippen molar-refractivity contribution in [2.24, 2.45) is 0 Å². The number of methoxy groups -OCH3 is 1.